The van der Waals surface area contributed by atoms with E-state index in [1.54, 1.807) is 0 Å². The van der Waals surface area contributed by atoms with E-state index in [1.807, 2.05) is 0 Å². The Morgan fingerprint density at radius 1 is 1.08 bits per heavy atom. The largest absolute Gasteiger partial charge is 0.313 e. The molecule has 2 aliphatic rings. The predicted octanol–water partition coefficient (Wildman–Crippen LogP) is 1.66. The van der Waals surface area contributed by atoms with Gasteiger partial charge in [-0.2, -0.15) is 0 Å². The topological polar surface area (TPSA) is 24.1 Å². The first-order valence-electron chi connectivity index (χ1n) is 5.86. The quantitative estimate of drug-likeness (QED) is 0.678. The lowest BCUT2D eigenvalue weighted by atomic mass is 9.98. The molecule has 0 amide bonds. The van der Waals surface area contributed by atoms with Crippen LogP contribution in [0.25, 0.3) is 0 Å². The fourth-order valence-corrected chi connectivity index (χ4v) is 2.67. The molecule has 2 nitrogen and oxygen atoms in total. The first kappa shape index (κ1) is 9.47. The van der Waals surface area contributed by atoms with Crippen LogP contribution in [0.1, 0.15) is 45.4 Å². The normalized spacial score (nSPS) is 36.7. The Hall–Kier alpha value is -0.0800. The summed E-state index contributed by atoms with van der Waals surface area (Å²) in [6.07, 6.45) is 8.39. The van der Waals surface area contributed by atoms with Crippen LogP contribution in [0.4, 0.5) is 0 Å². The van der Waals surface area contributed by atoms with Crippen molar-refractivity contribution in [3.05, 3.63) is 0 Å². The van der Waals surface area contributed by atoms with Crippen LogP contribution in [-0.2, 0) is 0 Å². The third-order valence-electron chi connectivity index (χ3n) is 3.57. The van der Waals surface area contributed by atoms with Crippen LogP contribution in [-0.4, -0.2) is 24.7 Å². The highest BCUT2D eigenvalue weighted by atomic mass is 15.0. The second kappa shape index (κ2) is 4.43. The molecule has 13 heavy (non-hydrogen) atoms. The van der Waals surface area contributed by atoms with E-state index < -0.39 is 0 Å². The van der Waals surface area contributed by atoms with Gasteiger partial charge in [0.25, 0.3) is 0 Å². The van der Waals surface area contributed by atoms with Crippen LogP contribution in [0.5, 0.6) is 0 Å². The van der Waals surface area contributed by atoms with Crippen molar-refractivity contribution in [3.63, 3.8) is 0 Å². The average Bonchev–Trinajstić information content (AvgIpc) is 2.61. The minimum atomic E-state index is 0.675. The Bertz CT molecular complexity index is 152. The predicted molar refractivity (Wildman–Crippen MR) is 55.9 cm³/mol. The highest BCUT2D eigenvalue weighted by Gasteiger charge is 2.24. The SMILES string of the molecule is C[C@@H]1NCCC[C@@H]1NC1CCCC1. The molecule has 2 fully saturated rings. The summed E-state index contributed by atoms with van der Waals surface area (Å²) in [5.74, 6) is 0. The maximum Gasteiger partial charge on any atom is 0.0221 e. The van der Waals surface area contributed by atoms with Crippen molar-refractivity contribution in [1.29, 1.82) is 0 Å². The summed E-state index contributed by atoms with van der Waals surface area (Å²) in [6.45, 7) is 3.52. The Labute approximate surface area is 81.5 Å². The molecule has 1 aliphatic heterocycles. The van der Waals surface area contributed by atoms with Crippen molar-refractivity contribution in [2.24, 2.45) is 0 Å². The molecule has 0 unspecified atom stereocenters. The third kappa shape index (κ3) is 2.44. The maximum atomic E-state index is 3.81. The van der Waals surface area contributed by atoms with Gasteiger partial charge in [0.15, 0.2) is 0 Å². The van der Waals surface area contributed by atoms with Crippen molar-refractivity contribution >= 4 is 0 Å². The highest BCUT2D eigenvalue weighted by molar-refractivity contribution is 4.87. The number of hydrogen-bond acceptors (Lipinski definition) is 2. The molecule has 0 spiro atoms. The Morgan fingerprint density at radius 3 is 2.54 bits per heavy atom. The molecule has 0 aromatic rings. The van der Waals surface area contributed by atoms with E-state index in [1.165, 1.54) is 45.1 Å². The summed E-state index contributed by atoms with van der Waals surface area (Å²) in [4.78, 5) is 0. The van der Waals surface area contributed by atoms with Crippen LogP contribution in [0.3, 0.4) is 0 Å². The lowest BCUT2D eigenvalue weighted by Crippen LogP contribution is -2.52. The van der Waals surface area contributed by atoms with E-state index in [4.69, 9.17) is 0 Å². The van der Waals surface area contributed by atoms with Gasteiger partial charge in [0, 0.05) is 18.1 Å². The zero-order chi connectivity index (χ0) is 9.10. The smallest absolute Gasteiger partial charge is 0.0221 e. The zero-order valence-electron chi connectivity index (χ0n) is 8.68. The van der Waals surface area contributed by atoms with Crippen LogP contribution in [0.2, 0.25) is 0 Å². The Balaban J connectivity index is 1.78. The molecule has 0 aromatic carbocycles. The van der Waals surface area contributed by atoms with Gasteiger partial charge in [0.2, 0.25) is 0 Å². The molecule has 1 saturated carbocycles. The molecule has 2 rings (SSSR count). The van der Waals surface area contributed by atoms with Gasteiger partial charge in [-0.05, 0) is 39.2 Å². The van der Waals surface area contributed by atoms with Gasteiger partial charge in [-0.25, -0.2) is 0 Å². The second-order valence-corrected chi connectivity index (χ2v) is 4.64. The van der Waals surface area contributed by atoms with Crippen LogP contribution >= 0.6 is 0 Å². The van der Waals surface area contributed by atoms with E-state index in [0.29, 0.717) is 6.04 Å². The van der Waals surface area contributed by atoms with Gasteiger partial charge < -0.3 is 10.6 Å². The standard InChI is InChI=1S/C11H22N2/c1-9-11(7-4-8-12-9)13-10-5-2-3-6-10/h9-13H,2-8H2,1H3/t9-,11-/m0/s1. The second-order valence-electron chi connectivity index (χ2n) is 4.64. The van der Waals surface area contributed by atoms with E-state index in [9.17, 15) is 0 Å². The molecule has 2 N–H and O–H groups in total. The van der Waals surface area contributed by atoms with Crippen LogP contribution < -0.4 is 10.6 Å². The lowest BCUT2D eigenvalue weighted by Gasteiger charge is -2.33. The average molecular weight is 182 g/mol. The van der Waals surface area contributed by atoms with Crippen molar-refractivity contribution < 1.29 is 0 Å². The fourth-order valence-electron chi connectivity index (χ4n) is 2.67. The molecule has 1 saturated heterocycles. The summed E-state index contributed by atoms with van der Waals surface area (Å²) in [5.41, 5.74) is 0. The fraction of sp³-hybridized carbons (Fsp3) is 1.00. The first-order valence-corrected chi connectivity index (χ1v) is 5.86. The highest BCUT2D eigenvalue weighted by Crippen LogP contribution is 2.20. The number of nitrogens with one attached hydrogen (secondary N) is 2. The van der Waals surface area contributed by atoms with Gasteiger partial charge in [0.1, 0.15) is 0 Å². The summed E-state index contributed by atoms with van der Waals surface area (Å²) >= 11 is 0. The van der Waals surface area contributed by atoms with Crippen molar-refractivity contribution in [1.82, 2.24) is 10.6 Å². The molecule has 0 bridgehead atoms. The molecule has 0 aromatic heterocycles. The maximum absolute atomic E-state index is 3.81. The molecule has 1 heterocycles. The monoisotopic (exact) mass is 182 g/mol. The summed E-state index contributed by atoms with van der Waals surface area (Å²) in [5, 5.41) is 7.35. The van der Waals surface area contributed by atoms with Crippen molar-refractivity contribution in [3.8, 4) is 0 Å². The molecule has 2 atom stereocenters. The van der Waals surface area contributed by atoms with Crippen molar-refractivity contribution in [2.75, 3.05) is 6.54 Å². The van der Waals surface area contributed by atoms with E-state index in [2.05, 4.69) is 17.6 Å². The van der Waals surface area contributed by atoms with Crippen LogP contribution in [0, 0.1) is 0 Å². The summed E-state index contributed by atoms with van der Waals surface area (Å²) in [6, 6.07) is 2.23. The molecular formula is C11H22N2. The van der Waals surface area contributed by atoms with Gasteiger partial charge in [-0.15, -0.1) is 0 Å². The van der Waals surface area contributed by atoms with Crippen molar-refractivity contribution in [2.45, 2.75) is 63.6 Å². The minimum Gasteiger partial charge on any atom is -0.313 e. The number of hydrogen-bond donors (Lipinski definition) is 2. The van der Waals surface area contributed by atoms with Gasteiger partial charge in [0.05, 0.1) is 0 Å². The zero-order valence-corrected chi connectivity index (χ0v) is 8.68. The van der Waals surface area contributed by atoms with Crippen LogP contribution in [0.15, 0.2) is 0 Å². The molecule has 76 valence electrons. The summed E-state index contributed by atoms with van der Waals surface area (Å²) < 4.78 is 0. The van der Waals surface area contributed by atoms with E-state index in [0.717, 1.165) is 12.1 Å². The molecule has 2 heteroatoms. The Kier molecular flexibility index (Phi) is 3.23. The molecule has 0 radical (unpaired) electrons. The van der Waals surface area contributed by atoms with E-state index in [-0.39, 0.29) is 0 Å². The van der Waals surface area contributed by atoms with Gasteiger partial charge in [-0.3, -0.25) is 0 Å². The summed E-state index contributed by atoms with van der Waals surface area (Å²) in [7, 11) is 0. The van der Waals surface area contributed by atoms with Gasteiger partial charge in [-0.1, -0.05) is 12.8 Å². The molecule has 1 aliphatic carbocycles. The Morgan fingerprint density at radius 2 is 1.85 bits per heavy atom. The third-order valence-corrected chi connectivity index (χ3v) is 3.57. The minimum absolute atomic E-state index is 0.675. The van der Waals surface area contributed by atoms with Gasteiger partial charge >= 0.3 is 0 Å². The van der Waals surface area contributed by atoms with E-state index >= 15 is 0 Å². The number of piperidine rings is 1. The molecular weight excluding hydrogens is 160 g/mol. The number of rotatable bonds is 2. The first-order chi connectivity index (χ1) is 6.36. The lowest BCUT2D eigenvalue weighted by molar-refractivity contribution is 0.291.